The quantitative estimate of drug-likeness (QED) is 0.613. The number of hydrogen-bond acceptors (Lipinski definition) is 3. The van der Waals surface area contributed by atoms with Crippen LogP contribution in [0.5, 0.6) is 5.75 Å². The van der Waals surface area contributed by atoms with Gasteiger partial charge in [0.25, 0.3) is 0 Å². The largest absolute Gasteiger partial charge is 0.573 e. The molecule has 0 unspecified atom stereocenters. The zero-order valence-corrected chi connectivity index (χ0v) is 13.2. The van der Waals surface area contributed by atoms with Crippen LogP contribution >= 0.6 is 11.8 Å². The first-order valence-electron chi connectivity index (χ1n) is 6.82. The monoisotopic (exact) mass is 359 g/mol. The average Bonchev–Trinajstić information content (AvgIpc) is 2.50. The fourth-order valence-corrected chi connectivity index (χ4v) is 2.65. The normalized spacial score (nSPS) is 12.5. The highest BCUT2D eigenvalue weighted by Crippen LogP contribution is 2.27. The molecule has 0 aromatic heterocycles. The maximum Gasteiger partial charge on any atom is 0.573 e. The second-order valence-electron chi connectivity index (χ2n) is 4.75. The SMILES string of the molecule is C[C@@H](Sc1ccccc1F)C(=O)Nc1ccc(OC(F)(F)F)cc1. The minimum atomic E-state index is -4.77. The molecule has 24 heavy (non-hydrogen) atoms. The fraction of sp³-hybridized carbons (Fsp3) is 0.188. The molecule has 3 nitrogen and oxygen atoms in total. The summed E-state index contributed by atoms with van der Waals surface area (Å²) in [5.74, 6) is -1.20. The van der Waals surface area contributed by atoms with Crippen molar-refractivity contribution in [1.82, 2.24) is 0 Å². The van der Waals surface area contributed by atoms with Gasteiger partial charge in [0.05, 0.1) is 5.25 Å². The molecule has 1 atom stereocenters. The lowest BCUT2D eigenvalue weighted by Crippen LogP contribution is -2.22. The number of thioether (sulfide) groups is 1. The molecule has 1 N–H and O–H groups in total. The molecule has 0 saturated heterocycles. The lowest BCUT2D eigenvalue weighted by molar-refractivity contribution is -0.274. The third-order valence-corrected chi connectivity index (χ3v) is 4.02. The van der Waals surface area contributed by atoms with Gasteiger partial charge in [-0.3, -0.25) is 4.79 Å². The van der Waals surface area contributed by atoms with Gasteiger partial charge >= 0.3 is 6.36 Å². The number of benzene rings is 2. The first-order chi connectivity index (χ1) is 11.2. The van der Waals surface area contributed by atoms with Gasteiger partial charge in [-0.25, -0.2) is 4.39 Å². The molecule has 0 radical (unpaired) electrons. The Bertz CT molecular complexity index is 704. The minimum Gasteiger partial charge on any atom is -0.406 e. The first-order valence-corrected chi connectivity index (χ1v) is 7.70. The molecule has 0 fully saturated rings. The number of rotatable bonds is 5. The van der Waals surface area contributed by atoms with Crippen molar-refractivity contribution in [2.45, 2.75) is 23.4 Å². The molecule has 0 saturated carbocycles. The third kappa shape index (κ3) is 5.45. The van der Waals surface area contributed by atoms with E-state index in [0.29, 0.717) is 10.6 Å². The van der Waals surface area contributed by atoms with Crippen molar-refractivity contribution in [3.05, 3.63) is 54.3 Å². The summed E-state index contributed by atoms with van der Waals surface area (Å²) >= 11 is 1.05. The Labute approximate surface area is 140 Å². The van der Waals surface area contributed by atoms with Crippen LogP contribution in [0.2, 0.25) is 0 Å². The number of nitrogens with one attached hydrogen (secondary N) is 1. The van der Waals surface area contributed by atoms with Crippen molar-refractivity contribution in [1.29, 1.82) is 0 Å². The van der Waals surface area contributed by atoms with Crippen LogP contribution in [-0.2, 0) is 4.79 Å². The molecule has 0 heterocycles. The number of halogens is 4. The molecule has 128 valence electrons. The van der Waals surface area contributed by atoms with Gasteiger partial charge in [0.1, 0.15) is 11.6 Å². The van der Waals surface area contributed by atoms with Crippen LogP contribution in [-0.4, -0.2) is 17.5 Å². The van der Waals surface area contributed by atoms with Gasteiger partial charge in [-0.15, -0.1) is 24.9 Å². The number of alkyl halides is 3. The highest BCUT2D eigenvalue weighted by molar-refractivity contribution is 8.00. The lowest BCUT2D eigenvalue weighted by Gasteiger charge is -2.13. The second-order valence-corrected chi connectivity index (χ2v) is 6.13. The van der Waals surface area contributed by atoms with E-state index in [1.807, 2.05) is 0 Å². The number of ether oxygens (including phenoxy) is 1. The number of amides is 1. The molecule has 2 rings (SSSR count). The van der Waals surface area contributed by atoms with Crippen molar-refractivity contribution in [3.8, 4) is 5.75 Å². The molecule has 0 aliphatic rings. The van der Waals surface area contributed by atoms with Crippen LogP contribution in [0.1, 0.15) is 6.92 Å². The van der Waals surface area contributed by atoms with E-state index in [0.717, 1.165) is 23.9 Å². The number of carbonyl (C=O) groups excluding carboxylic acids is 1. The van der Waals surface area contributed by atoms with Crippen LogP contribution < -0.4 is 10.1 Å². The molecule has 2 aromatic carbocycles. The van der Waals surface area contributed by atoms with E-state index in [1.165, 1.54) is 18.2 Å². The molecule has 8 heteroatoms. The number of carbonyl (C=O) groups is 1. The molecule has 2 aromatic rings. The standard InChI is InChI=1S/C16H13F4NO2S/c1-10(24-14-5-3-2-4-13(14)17)15(22)21-11-6-8-12(9-7-11)23-16(18,19)20/h2-10H,1H3,(H,21,22)/t10-/m1/s1. The molecular weight excluding hydrogens is 346 g/mol. The molecule has 0 aliphatic carbocycles. The van der Waals surface area contributed by atoms with Gasteiger partial charge in [-0.2, -0.15) is 0 Å². The zero-order valence-electron chi connectivity index (χ0n) is 12.4. The molecule has 1 amide bonds. The van der Waals surface area contributed by atoms with Crippen LogP contribution in [0.15, 0.2) is 53.4 Å². The topological polar surface area (TPSA) is 38.3 Å². The fourth-order valence-electron chi connectivity index (χ4n) is 1.77. The maximum absolute atomic E-state index is 13.6. The van der Waals surface area contributed by atoms with Crippen molar-refractivity contribution in [2.24, 2.45) is 0 Å². The molecule has 0 aliphatic heterocycles. The Morgan fingerprint density at radius 3 is 2.33 bits per heavy atom. The summed E-state index contributed by atoms with van der Waals surface area (Å²) < 4.78 is 53.5. The van der Waals surface area contributed by atoms with E-state index in [9.17, 15) is 22.4 Å². The van der Waals surface area contributed by atoms with Crippen molar-refractivity contribution >= 4 is 23.4 Å². The van der Waals surface area contributed by atoms with Gasteiger partial charge in [0.2, 0.25) is 5.91 Å². The maximum atomic E-state index is 13.6. The van der Waals surface area contributed by atoms with Crippen molar-refractivity contribution in [2.75, 3.05) is 5.32 Å². The highest BCUT2D eigenvalue weighted by Gasteiger charge is 2.31. The summed E-state index contributed by atoms with van der Waals surface area (Å²) in [7, 11) is 0. The smallest absolute Gasteiger partial charge is 0.406 e. The van der Waals surface area contributed by atoms with Crippen molar-refractivity contribution < 1.29 is 27.1 Å². The summed E-state index contributed by atoms with van der Waals surface area (Å²) in [6.07, 6.45) is -4.77. The predicted octanol–water partition coefficient (Wildman–Crippen LogP) is 4.84. The van der Waals surface area contributed by atoms with Gasteiger partial charge in [-0.1, -0.05) is 12.1 Å². The van der Waals surface area contributed by atoms with Crippen LogP contribution in [0.25, 0.3) is 0 Å². The Morgan fingerprint density at radius 1 is 1.12 bits per heavy atom. The van der Waals surface area contributed by atoms with Gasteiger partial charge < -0.3 is 10.1 Å². The van der Waals surface area contributed by atoms with E-state index >= 15 is 0 Å². The predicted molar refractivity (Wildman–Crippen MR) is 83.5 cm³/mol. The number of hydrogen-bond donors (Lipinski definition) is 1. The summed E-state index contributed by atoms with van der Waals surface area (Å²) in [6, 6.07) is 10.8. The van der Waals surface area contributed by atoms with Crippen LogP contribution in [0.3, 0.4) is 0 Å². The lowest BCUT2D eigenvalue weighted by atomic mass is 10.3. The van der Waals surface area contributed by atoms with E-state index in [4.69, 9.17) is 0 Å². The van der Waals surface area contributed by atoms with E-state index in [2.05, 4.69) is 10.1 Å². The van der Waals surface area contributed by atoms with Gasteiger partial charge in [0, 0.05) is 10.6 Å². The van der Waals surface area contributed by atoms with Gasteiger partial charge in [-0.05, 0) is 43.3 Å². The Kier molecular flexibility index (Phi) is 5.71. The Balaban J connectivity index is 1.95. The Hall–Kier alpha value is -2.22. The van der Waals surface area contributed by atoms with Gasteiger partial charge in [0.15, 0.2) is 0 Å². The minimum absolute atomic E-state index is 0.315. The average molecular weight is 359 g/mol. The zero-order chi connectivity index (χ0) is 17.7. The molecule has 0 bridgehead atoms. The van der Waals surface area contributed by atoms with Crippen LogP contribution in [0.4, 0.5) is 23.2 Å². The first kappa shape index (κ1) is 18.1. The van der Waals surface area contributed by atoms with E-state index in [-0.39, 0.29) is 5.75 Å². The van der Waals surface area contributed by atoms with Crippen molar-refractivity contribution in [3.63, 3.8) is 0 Å². The Morgan fingerprint density at radius 2 is 1.75 bits per heavy atom. The third-order valence-electron chi connectivity index (χ3n) is 2.87. The summed E-state index contributed by atoms with van der Waals surface area (Å²) in [4.78, 5) is 12.4. The van der Waals surface area contributed by atoms with E-state index < -0.39 is 23.3 Å². The summed E-state index contributed by atoms with van der Waals surface area (Å²) in [6.45, 7) is 1.60. The van der Waals surface area contributed by atoms with E-state index in [1.54, 1.807) is 25.1 Å². The summed E-state index contributed by atoms with van der Waals surface area (Å²) in [5, 5.41) is 1.96. The molecular formula is C16H13F4NO2S. The van der Waals surface area contributed by atoms with Crippen LogP contribution in [0, 0.1) is 5.82 Å². The second kappa shape index (κ2) is 7.57. The highest BCUT2D eigenvalue weighted by atomic mass is 32.2. The number of anilines is 1. The summed E-state index contributed by atoms with van der Waals surface area (Å²) in [5.41, 5.74) is 0.315. The molecule has 0 spiro atoms.